The van der Waals surface area contributed by atoms with Gasteiger partial charge in [-0.15, -0.1) is 0 Å². The van der Waals surface area contributed by atoms with Gasteiger partial charge in [-0.3, -0.25) is 9.80 Å². The van der Waals surface area contributed by atoms with Gasteiger partial charge in [0.1, 0.15) is 5.82 Å². The van der Waals surface area contributed by atoms with Crippen LogP contribution in [0.25, 0.3) is 0 Å². The third-order valence-electron chi connectivity index (χ3n) is 4.06. The summed E-state index contributed by atoms with van der Waals surface area (Å²) >= 11 is 0. The summed E-state index contributed by atoms with van der Waals surface area (Å²) in [6.45, 7) is 9.31. The van der Waals surface area contributed by atoms with Crippen LogP contribution in [-0.2, 0) is 0 Å². The normalized spacial score (nSPS) is 32.5. The van der Waals surface area contributed by atoms with E-state index in [4.69, 9.17) is 0 Å². The van der Waals surface area contributed by atoms with E-state index in [1.54, 1.807) is 13.1 Å². The lowest BCUT2D eigenvalue weighted by molar-refractivity contribution is 0.00851. The summed E-state index contributed by atoms with van der Waals surface area (Å²) in [6.07, 6.45) is 1.28. The van der Waals surface area contributed by atoms with Crippen LogP contribution in [0.15, 0.2) is 6.20 Å². The predicted molar refractivity (Wildman–Crippen MR) is 68.2 cm³/mol. The van der Waals surface area contributed by atoms with E-state index < -0.39 is 6.10 Å². The molecule has 3 aliphatic rings. The van der Waals surface area contributed by atoms with Crippen molar-refractivity contribution in [1.29, 1.82) is 0 Å². The van der Waals surface area contributed by atoms with Gasteiger partial charge in [0.15, 0.2) is 0 Å². The zero-order valence-corrected chi connectivity index (χ0v) is 11.0. The molecule has 18 heavy (non-hydrogen) atoms. The molecule has 0 radical (unpaired) electrons. The second-order valence-electron chi connectivity index (χ2n) is 5.30. The third kappa shape index (κ3) is 2.02. The molecule has 1 aromatic heterocycles. The molecule has 3 saturated heterocycles. The fraction of sp³-hybridized carbons (Fsp3) is 0.692. The van der Waals surface area contributed by atoms with E-state index in [9.17, 15) is 5.11 Å². The summed E-state index contributed by atoms with van der Waals surface area (Å²) in [5.41, 5.74) is 1.72. The van der Waals surface area contributed by atoms with E-state index in [1.165, 1.54) is 13.1 Å². The number of aliphatic hydroxyl groups is 1. The highest BCUT2D eigenvalue weighted by molar-refractivity contribution is 5.19. The molecule has 2 atom stereocenters. The van der Waals surface area contributed by atoms with Crippen molar-refractivity contribution in [2.75, 3.05) is 32.7 Å². The maximum Gasteiger partial charge on any atom is 0.146 e. The van der Waals surface area contributed by atoms with Crippen molar-refractivity contribution in [1.82, 2.24) is 19.8 Å². The van der Waals surface area contributed by atoms with Crippen molar-refractivity contribution in [3.05, 3.63) is 23.3 Å². The van der Waals surface area contributed by atoms with Crippen LogP contribution in [0.2, 0.25) is 0 Å². The summed E-state index contributed by atoms with van der Waals surface area (Å²) in [7, 11) is 0. The predicted octanol–water partition coefficient (Wildman–Crippen LogP) is 0.511. The number of aliphatic hydroxyl groups excluding tert-OH is 1. The van der Waals surface area contributed by atoms with Gasteiger partial charge in [0.2, 0.25) is 0 Å². The Morgan fingerprint density at radius 1 is 1.33 bits per heavy atom. The van der Waals surface area contributed by atoms with Gasteiger partial charge in [-0.2, -0.15) is 0 Å². The number of hydrogen-bond donors (Lipinski definition) is 1. The van der Waals surface area contributed by atoms with E-state index in [0.29, 0.717) is 6.04 Å². The lowest BCUT2D eigenvalue weighted by Crippen LogP contribution is -2.57. The average molecular weight is 248 g/mol. The van der Waals surface area contributed by atoms with Crippen LogP contribution in [0, 0.1) is 6.92 Å². The first-order chi connectivity index (χ1) is 8.65. The Labute approximate surface area is 107 Å². The first-order valence-corrected chi connectivity index (χ1v) is 6.63. The Kier molecular flexibility index (Phi) is 3.05. The molecule has 4 heterocycles. The van der Waals surface area contributed by atoms with Gasteiger partial charge >= 0.3 is 0 Å². The molecule has 0 amide bonds. The summed E-state index contributed by atoms with van der Waals surface area (Å²) in [5.74, 6) is 0.904. The van der Waals surface area contributed by atoms with Gasteiger partial charge in [-0.05, 0) is 13.8 Å². The summed E-state index contributed by atoms with van der Waals surface area (Å²) in [6, 6.07) is 0.328. The number of aryl methyl sites for hydroxylation is 1. The molecule has 98 valence electrons. The monoisotopic (exact) mass is 248 g/mol. The molecule has 1 aromatic rings. The lowest BCUT2D eigenvalue weighted by atomic mass is 10.1. The molecule has 0 spiro atoms. The molecule has 4 rings (SSSR count). The third-order valence-corrected chi connectivity index (χ3v) is 4.06. The quantitative estimate of drug-likeness (QED) is 0.826. The Morgan fingerprint density at radius 3 is 2.56 bits per heavy atom. The first-order valence-electron chi connectivity index (χ1n) is 6.63. The molecule has 5 heteroatoms. The second kappa shape index (κ2) is 4.57. The number of aromatic nitrogens is 2. The van der Waals surface area contributed by atoms with Crippen LogP contribution >= 0.6 is 0 Å². The van der Waals surface area contributed by atoms with Crippen LogP contribution in [0.4, 0.5) is 0 Å². The smallest absolute Gasteiger partial charge is 0.146 e. The van der Waals surface area contributed by atoms with Gasteiger partial charge in [-0.1, -0.05) is 0 Å². The Hall–Kier alpha value is -1.04. The maximum absolute atomic E-state index is 9.61. The zero-order chi connectivity index (χ0) is 12.7. The van der Waals surface area contributed by atoms with E-state index in [2.05, 4.69) is 19.8 Å². The van der Waals surface area contributed by atoms with Gasteiger partial charge in [0.05, 0.1) is 12.1 Å². The highest BCUT2D eigenvalue weighted by atomic mass is 16.3. The summed E-state index contributed by atoms with van der Waals surface area (Å²) in [4.78, 5) is 14.0. The van der Waals surface area contributed by atoms with E-state index >= 15 is 0 Å². The van der Waals surface area contributed by atoms with Crippen LogP contribution in [0.1, 0.15) is 36.2 Å². The standard InChI is InChI=1S/C13H20N4O/c1-9-11(10(2)18)7-14-13(15-9)12-8-16-3-5-17(12)6-4-16/h7,10,12,18H,3-6,8H2,1-2H3. The minimum atomic E-state index is -0.495. The van der Waals surface area contributed by atoms with Crippen molar-refractivity contribution in [2.24, 2.45) is 0 Å². The summed E-state index contributed by atoms with van der Waals surface area (Å²) < 4.78 is 0. The minimum Gasteiger partial charge on any atom is -0.389 e. The molecule has 1 N–H and O–H groups in total. The topological polar surface area (TPSA) is 52.5 Å². The first kappa shape index (κ1) is 12.0. The molecule has 5 nitrogen and oxygen atoms in total. The van der Waals surface area contributed by atoms with Gasteiger partial charge in [-0.25, -0.2) is 9.97 Å². The fourth-order valence-corrected chi connectivity index (χ4v) is 2.93. The van der Waals surface area contributed by atoms with E-state index in [0.717, 1.165) is 36.7 Å². The highest BCUT2D eigenvalue weighted by Gasteiger charge is 2.34. The molecule has 0 aliphatic carbocycles. The van der Waals surface area contributed by atoms with Gasteiger partial charge in [0, 0.05) is 50.2 Å². The molecule has 2 bridgehead atoms. The van der Waals surface area contributed by atoms with E-state index in [1.807, 2.05) is 6.92 Å². The Morgan fingerprint density at radius 2 is 2.06 bits per heavy atom. The van der Waals surface area contributed by atoms with Crippen molar-refractivity contribution in [2.45, 2.75) is 26.0 Å². The SMILES string of the molecule is Cc1nc(C2CN3CCN2CC3)ncc1C(C)O. The largest absolute Gasteiger partial charge is 0.389 e. The van der Waals surface area contributed by atoms with Crippen LogP contribution in [0.5, 0.6) is 0 Å². The second-order valence-corrected chi connectivity index (χ2v) is 5.30. The van der Waals surface area contributed by atoms with Crippen LogP contribution < -0.4 is 0 Å². The number of rotatable bonds is 2. The summed E-state index contributed by atoms with van der Waals surface area (Å²) in [5, 5.41) is 9.61. The van der Waals surface area contributed by atoms with Gasteiger partial charge < -0.3 is 5.11 Å². The molecule has 3 aliphatic heterocycles. The van der Waals surface area contributed by atoms with Crippen molar-refractivity contribution < 1.29 is 5.11 Å². The fourth-order valence-electron chi connectivity index (χ4n) is 2.93. The van der Waals surface area contributed by atoms with Crippen molar-refractivity contribution in [3.63, 3.8) is 0 Å². The minimum absolute atomic E-state index is 0.328. The van der Waals surface area contributed by atoms with Crippen LogP contribution in [0.3, 0.4) is 0 Å². The van der Waals surface area contributed by atoms with Crippen molar-refractivity contribution in [3.8, 4) is 0 Å². The Bertz CT molecular complexity index is 441. The lowest BCUT2D eigenvalue weighted by Gasteiger charge is -2.46. The molecule has 3 fully saturated rings. The molecular weight excluding hydrogens is 228 g/mol. The highest BCUT2D eigenvalue weighted by Crippen LogP contribution is 2.27. The zero-order valence-electron chi connectivity index (χ0n) is 11.0. The number of piperazine rings is 3. The maximum atomic E-state index is 9.61. The number of fused-ring (bicyclic) bond motifs is 3. The number of nitrogens with zero attached hydrogens (tertiary/aromatic N) is 4. The molecule has 0 aromatic carbocycles. The van der Waals surface area contributed by atoms with Gasteiger partial charge in [0.25, 0.3) is 0 Å². The molecule has 0 saturated carbocycles. The van der Waals surface area contributed by atoms with Crippen LogP contribution in [-0.4, -0.2) is 57.6 Å². The molecular formula is C13H20N4O. The Balaban J connectivity index is 1.86. The number of hydrogen-bond acceptors (Lipinski definition) is 5. The molecule has 2 unspecified atom stereocenters. The van der Waals surface area contributed by atoms with Crippen molar-refractivity contribution >= 4 is 0 Å². The van der Waals surface area contributed by atoms with E-state index in [-0.39, 0.29) is 0 Å². The average Bonchev–Trinajstić information content (AvgIpc) is 2.39.